The molecule has 184 valence electrons. The average Bonchev–Trinajstić information content (AvgIpc) is 3.27. The molecule has 4 aromatic rings. The fourth-order valence-electron chi connectivity index (χ4n) is 3.56. The monoisotopic (exact) mass is 566 g/mol. The first-order valence-corrected chi connectivity index (χ1v) is 12.1. The smallest absolute Gasteiger partial charge is 0.387 e. The first-order valence-electron chi connectivity index (χ1n) is 11.0. The van der Waals surface area contributed by atoms with Crippen molar-refractivity contribution in [1.82, 2.24) is 24.9 Å². The molecule has 0 aliphatic rings. The number of rotatable bonds is 9. The lowest BCUT2D eigenvalue weighted by molar-refractivity contribution is -0.121. The van der Waals surface area contributed by atoms with Gasteiger partial charge in [-0.2, -0.15) is 13.3 Å². The van der Waals surface area contributed by atoms with E-state index in [1.54, 1.807) is 0 Å². The second kappa shape index (κ2) is 10.7. The summed E-state index contributed by atoms with van der Waals surface area (Å²) in [5, 5.41) is 11.5. The van der Waals surface area contributed by atoms with Crippen molar-refractivity contribution in [3.05, 3.63) is 45.9 Å². The predicted octanol–water partition coefficient (Wildman–Crippen LogP) is 5.68. The number of nitrogens with zero attached hydrogens (tertiary/aromatic N) is 4. The molecular weight excluding hydrogens is 546 g/mol. The van der Waals surface area contributed by atoms with Crippen LogP contribution in [0.3, 0.4) is 0 Å². The van der Waals surface area contributed by atoms with Crippen LogP contribution >= 0.6 is 27.5 Å². The van der Waals surface area contributed by atoms with E-state index in [0.717, 1.165) is 10.9 Å². The van der Waals surface area contributed by atoms with Gasteiger partial charge in [0.25, 0.3) is 0 Å². The van der Waals surface area contributed by atoms with Gasteiger partial charge in [-0.15, -0.1) is 5.10 Å². The van der Waals surface area contributed by atoms with Crippen LogP contribution in [0.2, 0.25) is 5.02 Å². The highest BCUT2D eigenvalue weighted by Gasteiger charge is 2.23. The maximum Gasteiger partial charge on any atom is 0.387 e. The summed E-state index contributed by atoms with van der Waals surface area (Å²) in [4.78, 5) is 22.0. The molecule has 12 heteroatoms. The summed E-state index contributed by atoms with van der Waals surface area (Å²) in [6.45, 7) is 1.36. The quantitative estimate of drug-likeness (QED) is 0.270. The SMILES string of the molecule is CCCNC(=O)C(CC)Nc1nc2c(Br)cccc2c2nc(-c3ccc(Cl)cc3OC(F)F)nn12. The molecule has 8 nitrogen and oxygen atoms in total. The summed E-state index contributed by atoms with van der Waals surface area (Å²) in [6, 6.07) is 9.26. The second-order valence-corrected chi connectivity index (χ2v) is 8.95. The summed E-state index contributed by atoms with van der Waals surface area (Å²) in [7, 11) is 0. The van der Waals surface area contributed by atoms with Gasteiger partial charge in [-0.1, -0.05) is 31.5 Å². The number of aromatic nitrogens is 4. The van der Waals surface area contributed by atoms with E-state index < -0.39 is 12.7 Å². The van der Waals surface area contributed by atoms with E-state index in [-0.39, 0.29) is 34.0 Å². The van der Waals surface area contributed by atoms with Crippen LogP contribution in [0.1, 0.15) is 26.7 Å². The van der Waals surface area contributed by atoms with Crippen molar-refractivity contribution in [2.75, 3.05) is 11.9 Å². The third-order valence-corrected chi connectivity index (χ3v) is 6.11. The topological polar surface area (TPSA) is 93.4 Å². The predicted molar refractivity (Wildman–Crippen MR) is 134 cm³/mol. The summed E-state index contributed by atoms with van der Waals surface area (Å²) in [5.41, 5.74) is 1.27. The Morgan fingerprint density at radius 3 is 2.74 bits per heavy atom. The Hall–Kier alpha value is -3.05. The molecule has 0 saturated heterocycles. The van der Waals surface area contributed by atoms with Gasteiger partial charge < -0.3 is 15.4 Å². The summed E-state index contributed by atoms with van der Waals surface area (Å²) >= 11 is 9.51. The van der Waals surface area contributed by atoms with Crippen molar-refractivity contribution < 1.29 is 18.3 Å². The van der Waals surface area contributed by atoms with Crippen LogP contribution in [0, 0.1) is 0 Å². The van der Waals surface area contributed by atoms with Crippen molar-refractivity contribution in [3.8, 4) is 17.1 Å². The number of alkyl halides is 2. The standard InChI is InChI=1S/C23H22BrClF2N6O2/c1-3-10-28-21(34)16(4-2)29-23-30-18-14(6-5-7-15(18)24)20-31-19(32-33(20)23)13-9-8-12(25)11-17(13)35-22(26)27/h5-9,11,16,22H,3-4,10H2,1-2H3,(H,28,34)(H,29,30). The van der Waals surface area contributed by atoms with Gasteiger partial charge in [0, 0.05) is 21.4 Å². The highest BCUT2D eigenvalue weighted by Crippen LogP contribution is 2.34. The fourth-order valence-corrected chi connectivity index (χ4v) is 4.18. The minimum atomic E-state index is -3.05. The number of fused-ring (bicyclic) bond motifs is 3. The highest BCUT2D eigenvalue weighted by atomic mass is 79.9. The molecule has 0 aliphatic heterocycles. The normalized spacial score (nSPS) is 12.3. The van der Waals surface area contributed by atoms with Crippen LogP contribution in [-0.2, 0) is 4.79 Å². The largest absolute Gasteiger partial charge is 0.434 e. The molecule has 35 heavy (non-hydrogen) atoms. The number of anilines is 1. The lowest BCUT2D eigenvalue weighted by Gasteiger charge is -2.18. The van der Waals surface area contributed by atoms with E-state index in [4.69, 9.17) is 16.6 Å². The number of benzene rings is 2. The van der Waals surface area contributed by atoms with Crippen LogP contribution in [0.4, 0.5) is 14.7 Å². The second-order valence-electron chi connectivity index (χ2n) is 7.66. The number of hydrogen-bond acceptors (Lipinski definition) is 6. The molecule has 2 N–H and O–H groups in total. The van der Waals surface area contributed by atoms with Crippen LogP contribution in [0.25, 0.3) is 27.9 Å². The number of halogens is 4. The molecule has 0 aliphatic carbocycles. The van der Waals surface area contributed by atoms with Gasteiger partial charge in [0.1, 0.15) is 11.8 Å². The zero-order valence-electron chi connectivity index (χ0n) is 18.9. The molecule has 2 aromatic carbocycles. The van der Waals surface area contributed by atoms with E-state index in [9.17, 15) is 13.6 Å². The molecule has 2 aromatic heterocycles. The molecule has 0 fully saturated rings. The van der Waals surface area contributed by atoms with Crippen molar-refractivity contribution in [3.63, 3.8) is 0 Å². The molecule has 1 atom stereocenters. The van der Waals surface area contributed by atoms with Crippen LogP contribution in [0.15, 0.2) is 40.9 Å². The van der Waals surface area contributed by atoms with Gasteiger partial charge in [-0.3, -0.25) is 4.79 Å². The fraction of sp³-hybridized carbons (Fsp3) is 0.304. The number of para-hydroxylation sites is 1. The summed E-state index contributed by atoms with van der Waals surface area (Å²) < 4.78 is 32.9. The summed E-state index contributed by atoms with van der Waals surface area (Å²) in [6.07, 6.45) is 1.31. The Morgan fingerprint density at radius 1 is 1.23 bits per heavy atom. The third kappa shape index (κ3) is 5.30. The van der Waals surface area contributed by atoms with Crippen molar-refractivity contribution in [2.45, 2.75) is 39.3 Å². The molecule has 4 rings (SSSR count). The average molecular weight is 568 g/mol. The number of amides is 1. The first kappa shape index (κ1) is 25.1. The van der Waals surface area contributed by atoms with E-state index >= 15 is 0 Å². The molecule has 1 amide bonds. The van der Waals surface area contributed by atoms with E-state index in [2.05, 4.69) is 41.4 Å². The van der Waals surface area contributed by atoms with Gasteiger partial charge in [-0.25, -0.2) is 9.97 Å². The third-order valence-electron chi connectivity index (χ3n) is 5.23. The Balaban J connectivity index is 1.88. The molecule has 0 bridgehead atoms. The Bertz CT molecular complexity index is 1380. The lowest BCUT2D eigenvalue weighted by Crippen LogP contribution is -2.40. The number of carbonyl (C=O) groups is 1. The molecule has 0 spiro atoms. The van der Waals surface area contributed by atoms with Gasteiger partial charge in [-0.05, 0) is 59.1 Å². The van der Waals surface area contributed by atoms with Crippen LogP contribution in [-0.4, -0.2) is 44.7 Å². The lowest BCUT2D eigenvalue weighted by atomic mass is 10.2. The number of carbonyl (C=O) groups excluding carboxylic acids is 1. The zero-order chi connectivity index (χ0) is 25.1. The molecule has 0 saturated carbocycles. The van der Waals surface area contributed by atoms with E-state index in [1.165, 1.54) is 22.7 Å². The minimum Gasteiger partial charge on any atom is -0.434 e. The number of ether oxygens (including phenoxy) is 1. The number of hydrogen-bond donors (Lipinski definition) is 2. The van der Waals surface area contributed by atoms with Crippen LogP contribution in [0.5, 0.6) is 5.75 Å². The Kier molecular flexibility index (Phi) is 7.66. The van der Waals surface area contributed by atoms with E-state index in [1.807, 2.05) is 32.0 Å². The molecular formula is C23H22BrClF2N6O2. The van der Waals surface area contributed by atoms with Gasteiger partial charge in [0.05, 0.1) is 11.1 Å². The van der Waals surface area contributed by atoms with Crippen LogP contribution < -0.4 is 15.4 Å². The van der Waals surface area contributed by atoms with E-state index in [0.29, 0.717) is 29.5 Å². The highest BCUT2D eigenvalue weighted by molar-refractivity contribution is 9.10. The van der Waals surface area contributed by atoms with Gasteiger partial charge in [0.2, 0.25) is 11.9 Å². The minimum absolute atomic E-state index is 0.137. The maximum atomic E-state index is 13.0. The zero-order valence-corrected chi connectivity index (χ0v) is 21.2. The van der Waals surface area contributed by atoms with Crippen molar-refractivity contribution >= 4 is 55.9 Å². The molecule has 2 heterocycles. The Morgan fingerprint density at radius 2 is 2.03 bits per heavy atom. The van der Waals surface area contributed by atoms with Gasteiger partial charge >= 0.3 is 6.61 Å². The number of nitrogens with one attached hydrogen (secondary N) is 2. The molecule has 0 radical (unpaired) electrons. The maximum absolute atomic E-state index is 13.0. The first-order chi connectivity index (χ1) is 16.8. The summed E-state index contributed by atoms with van der Waals surface area (Å²) in [5.74, 6) is 0.101. The van der Waals surface area contributed by atoms with Crippen molar-refractivity contribution in [1.29, 1.82) is 0 Å². The molecule has 1 unspecified atom stereocenters. The van der Waals surface area contributed by atoms with Crippen molar-refractivity contribution in [2.24, 2.45) is 0 Å². The van der Waals surface area contributed by atoms with Gasteiger partial charge in [0.15, 0.2) is 11.5 Å². The Labute approximate surface area is 213 Å².